The second kappa shape index (κ2) is 6.85. The highest BCUT2D eigenvalue weighted by atomic mass is 19.1. The molecule has 0 atom stereocenters. The predicted octanol–water partition coefficient (Wildman–Crippen LogP) is 3.38. The molecule has 0 aliphatic heterocycles. The molecule has 114 valence electrons. The molecule has 0 fully saturated rings. The van der Waals surface area contributed by atoms with Crippen molar-refractivity contribution in [2.24, 2.45) is 5.10 Å². The molecule has 0 bridgehead atoms. The smallest absolute Gasteiger partial charge is 0.271 e. The zero-order valence-corrected chi connectivity index (χ0v) is 12.4. The number of hydrogen-bond acceptors (Lipinski definition) is 3. The van der Waals surface area contributed by atoms with Crippen molar-refractivity contribution in [3.8, 4) is 5.75 Å². The van der Waals surface area contributed by atoms with E-state index in [4.69, 9.17) is 0 Å². The van der Waals surface area contributed by atoms with Crippen LogP contribution in [-0.4, -0.2) is 16.7 Å². The van der Waals surface area contributed by atoms with Crippen molar-refractivity contribution in [1.82, 2.24) is 5.43 Å². The topological polar surface area (TPSA) is 61.7 Å². The average Bonchev–Trinajstić information content (AvgIpc) is 2.51. The standard InChI is InChI=1S/C17H17FN2O2/c1-3-15(14-10-13(18)8-9-16(14)21)19-20-17(22)12-6-4-11(2)5-7-12/h4-10,21H,3H2,1-2H3,(H,20,22)/b19-15+. The third kappa shape index (κ3) is 3.69. The highest BCUT2D eigenvalue weighted by Crippen LogP contribution is 2.20. The van der Waals surface area contributed by atoms with Gasteiger partial charge in [0.15, 0.2) is 0 Å². The van der Waals surface area contributed by atoms with E-state index in [0.717, 1.165) is 11.6 Å². The van der Waals surface area contributed by atoms with Crippen LogP contribution in [0.1, 0.15) is 34.8 Å². The van der Waals surface area contributed by atoms with Gasteiger partial charge in [-0.05, 0) is 43.7 Å². The van der Waals surface area contributed by atoms with E-state index in [1.54, 1.807) is 19.1 Å². The van der Waals surface area contributed by atoms with Crippen LogP contribution < -0.4 is 5.43 Å². The fraction of sp³-hybridized carbons (Fsp3) is 0.176. The third-order valence-corrected chi connectivity index (χ3v) is 3.21. The lowest BCUT2D eigenvalue weighted by Gasteiger charge is -2.07. The highest BCUT2D eigenvalue weighted by molar-refractivity contribution is 6.03. The minimum atomic E-state index is -0.473. The number of carbonyl (C=O) groups excluding carboxylic acids is 1. The largest absolute Gasteiger partial charge is 0.507 e. The van der Waals surface area contributed by atoms with Gasteiger partial charge < -0.3 is 5.11 Å². The van der Waals surface area contributed by atoms with Crippen molar-refractivity contribution >= 4 is 11.6 Å². The molecule has 22 heavy (non-hydrogen) atoms. The number of nitrogens with zero attached hydrogens (tertiary/aromatic N) is 1. The van der Waals surface area contributed by atoms with Gasteiger partial charge in [-0.2, -0.15) is 5.10 Å². The summed E-state index contributed by atoms with van der Waals surface area (Å²) in [7, 11) is 0. The Labute approximate surface area is 128 Å². The van der Waals surface area contributed by atoms with Crippen molar-refractivity contribution in [2.75, 3.05) is 0 Å². The quantitative estimate of drug-likeness (QED) is 0.671. The summed E-state index contributed by atoms with van der Waals surface area (Å²) in [5, 5.41) is 13.8. The third-order valence-electron chi connectivity index (χ3n) is 3.21. The minimum absolute atomic E-state index is 0.0772. The minimum Gasteiger partial charge on any atom is -0.507 e. The monoisotopic (exact) mass is 300 g/mol. The first-order valence-corrected chi connectivity index (χ1v) is 6.93. The number of carbonyl (C=O) groups is 1. The number of amides is 1. The second-order valence-corrected chi connectivity index (χ2v) is 4.88. The van der Waals surface area contributed by atoms with Crippen molar-refractivity contribution in [3.05, 3.63) is 65.0 Å². The molecule has 5 heteroatoms. The molecule has 2 rings (SSSR count). The van der Waals surface area contributed by atoms with Gasteiger partial charge in [0.05, 0.1) is 5.71 Å². The molecule has 0 aliphatic rings. The lowest BCUT2D eigenvalue weighted by molar-refractivity contribution is 0.0955. The number of benzene rings is 2. The Morgan fingerprint density at radius 3 is 2.55 bits per heavy atom. The average molecular weight is 300 g/mol. The van der Waals surface area contributed by atoms with Crippen LogP contribution in [0.4, 0.5) is 4.39 Å². The number of aromatic hydroxyl groups is 1. The van der Waals surface area contributed by atoms with Crippen molar-refractivity contribution < 1.29 is 14.3 Å². The Balaban J connectivity index is 2.20. The Bertz CT molecular complexity index is 709. The fourth-order valence-corrected chi connectivity index (χ4v) is 1.96. The van der Waals surface area contributed by atoms with E-state index in [0.29, 0.717) is 17.7 Å². The number of hydrogen-bond donors (Lipinski definition) is 2. The van der Waals surface area contributed by atoms with E-state index in [1.807, 2.05) is 19.1 Å². The molecular formula is C17H17FN2O2. The first kappa shape index (κ1) is 15.7. The summed E-state index contributed by atoms with van der Waals surface area (Å²) in [4.78, 5) is 12.0. The summed E-state index contributed by atoms with van der Waals surface area (Å²) in [6.07, 6.45) is 0.436. The number of phenolic OH excluding ortho intramolecular Hbond substituents is 1. The Morgan fingerprint density at radius 2 is 1.91 bits per heavy atom. The van der Waals surface area contributed by atoms with Gasteiger partial charge >= 0.3 is 0 Å². The van der Waals surface area contributed by atoms with Gasteiger partial charge in [0.2, 0.25) is 0 Å². The van der Waals surface area contributed by atoms with Gasteiger partial charge in [0, 0.05) is 11.1 Å². The molecule has 2 aromatic carbocycles. The number of rotatable bonds is 4. The maximum absolute atomic E-state index is 13.3. The summed E-state index contributed by atoms with van der Waals surface area (Å²) in [6.45, 7) is 3.74. The maximum atomic E-state index is 13.3. The van der Waals surface area contributed by atoms with E-state index in [-0.39, 0.29) is 17.2 Å². The Morgan fingerprint density at radius 1 is 1.23 bits per heavy atom. The van der Waals surface area contributed by atoms with Crippen LogP contribution in [0.3, 0.4) is 0 Å². The normalized spacial score (nSPS) is 11.3. The lowest BCUT2D eigenvalue weighted by atomic mass is 10.1. The molecule has 4 nitrogen and oxygen atoms in total. The molecule has 0 aromatic heterocycles. The first-order valence-electron chi connectivity index (χ1n) is 6.93. The molecule has 0 unspecified atom stereocenters. The highest BCUT2D eigenvalue weighted by Gasteiger charge is 2.10. The fourth-order valence-electron chi connectivity index (χ4n) is 1.96. The van der Waals surface area contributed by atoms with E-state index in [9.17, 15) is 14.3 Å². The van der Waals surface area contributed by atoms with Gasteiger partial charge in [-0.15, -0.1) is 0 Å². The summed E-state index contributed by atoms with van der Waals surface area (Å²) in [6, 6.07) is 10.7. The van der Waals surface area contributed by atoms with E-state index in [2.05, 4.69) is 10.5 Å². The molecule has 1 amide bonds. The number of phenols is 1. The number of hydrazone groups is 1. The van der Waals surface area contributed by atoms with Crippen molar-refractivity contribution in [1.29, 1.82) is 0 Å². The van der Waals surface area contributed by atoms with E-state index < -0.39 is 5.82 Å². The van der Waals surface area contributed by atoms with Gasteiger partial charge in [0.1, 0.15) is 11.6 Å². The van der Waals surface area contributed by atoms with Gasteiger partial charge in [-0.1, -0.05) is 24.6 Å². The predicted molar refractivity (Wildman–Crippen MR) is 83.5 cm³/mol. The molecule has 0 radical (unpaired) electrons. The SMILES string of the molecule is CC/C(=N\NC(=O)c1ccc(C)cc1)c1cc(F)ccc1O. The molecule has 2 aromatic rings. The molecule has 0 spiro atoms. The van der Waals surface area contributed by atoms with Crippen LogP contribution in [-0.2, 0) is 0 Å². The van der Waals surface area contributed by atoms with Gasteiger partial charge in [-0.25, -0.2) is 9.82 Å². The zero-order valence-electron chi connectivity index (χ0n) is 12.4. The van der Waals surface area contributed by atoms with Crippen molar-refractivity contribution in [3.63, 3.8) is 0 Å². The van der Waals surface area contributed by atoms with Crippen LogP contribution in [0.25, 0.3) is 0 Å². The van der Waals surface area contributed by atoms with Crippen LogP contribution in [0, 0.1) is 12.7 Å². The molecule has 0 saturated heterocycles. The number of aryl methyl sites for hydroxylation is 1. The number of nitrogens with one attached hydrogen (secondary N) is 1. The summed E-state index contributed by atoms with van der Waals surface area (Å²) >= 11 is 0. The van der Waals surface area contributed by atoms with Gasteiger partial charge in [-0.3, -0.25) is 4.79 Å². The Hall–Kier alpha value is -2.69. The van der Waals surface area contributed by atoms with Crippen LogP contribution >= 0.6 is 0 Å². The summed E-state index contributed by atoms with van der Waals surface area (Å²) in [5.41, 5.74) is 4.64. The molecule has 2 N–H and O–H groups in total. The molecule has 0 heterocycles. The Kier molecular flexibility index (Phi) is 4.88. The van der Waals surface area contributed by atoms with Crippen LogP contribution in [0.15, 0.2) is 47.6 Å². The summed E-state index contributed by atoms with van der Waals surface area (Å²) < 4.78 is 13.3. The van der Waals surface area contributed by atoms with E-state index >= 15 is 0 Å². The number of halogens is 1. The summed E-state index contributed by atoms with van der Waals surface area (Å²) in [5.74, 6) is -0.910. The zero-order chi connectivity index (χ0) is 16.1. The van der Waals surface area contributed by atoms with Crippen molar-refractivity contribution in [2.45, 2.75) is 20.3 Å². The maximum Gasteiger partial charge on any atom is 0.271 e. The van der Waals surface area contributed by atoms with Gasteiger partial charge in [0.25, 0.3) is 5.91 Å². The van der Waals surface area contributed by atoms with E-state index in [1.165, 1.54) is 12.1 Å². The van der Waals surface area contributed by atoms with Crippen LogP contribution in [0.5, 0.6) is 5.75 Å². The molecular weight excluding hydrogens is 283 g/mol. The lowest BCUT2D eigenvalue weighted by Crippen LogP contribution is -2.20. The van der Waals surface area contributed by atoms with Crippen LogP contribution in [0.2, 0.25) is 0 Å². The molecule has 0 saturated carbocycles. The first-order chi connectivity index (χ1) is 10.5. The molecule has 0 aliphatic carbocycles. The second-order valence-electron chi connectivity index (χ2n) is 4.88.